The Morgan fingerprint density at radius 2 is 1.60 bits per heavy atom. The van der Waals surface area contributed by atoms with Gasteiger partial charge in [0.15, 0.2) is 6.04 Å². The highest BCUT2D eigenvalue weighted by molar-refractivity contribution is 7.85. The maximum atomic E-state index is 13.3. The summed E-state index contributed by atoms with van der Waals surface area (Å²) in [6, 6.07) is 13.1. The molecule has 2 rings (SSSR count). The predicted octanol–water partition coefficient (Wildman–Crippen LogP) is 2.85. The standard InChI is InChI=1S/C21H23NO7S/c1-2-3-13-19(23)22(18(21(25)26)14-30(27,28)29)20(24)17-12-8-7-11-16(17)15-9-5-4-6-10-15/h4-12,18H,2-3,13-14H2,1H3,(H,25,26)(H,27,28,29)/t18-/m0/s1. The van der Waals surface area contributed by atoms with Crippen LogP contribution in [0.25, 0.3) is 11.1 Å². The Bertz CT molecular complexity index is 1020. The number of carboxylic acid groups (broad SMARTS) is 1. The third kappa shape index (κ3) is 5.98. The number of rotatable bonds is 9. The third-order valence-electron chi connectivity index (χ3n) is 4.44. The quantitative estimate of drug-likeness (QED) is 0.582. The van der Waals surface area contributed by atoms with Crippen molar-refractivity contribution in [3.05, 3.63) is 60.2 Å². The van der Waals surface area contributed by atoms with Crippen molar-refractivity contribution in [2.24, 2.45) is 0 Å². The minimum Gasteiger partial charge on any atom is -0.480 e. The Morgan fingerprint density at radius 1 is 1.00 bits per heavy atom. The van der Waals surface area contributed by atoms with Crippen LogP contribution in [0, 0.1) is 0 Å². The van der Waals surface area contributed by atoms with Crippen LogP contribution in [0.5, 0.6) is 0 Å². The predicted molar refractivity (Wildman–Crippen MR) is 110 cm³/mol. The smallest absolute Gasteiger partial charge is 0.328 e. The molecule has 0 aromatic heterocycles. The minimum absolute atomic E-state index is 0.0511. The number of nitrogens with zero attached hydrogens (tertiary/aromatic N) is 1. The normalized spacial score (nSPS) is 12.2. The molecule has 0 saturated carbocycles. The van der Waals surface area contributed by atoms with Crippen molar-refractivity contribution >= 4 is 27.9 Å². The molecule has 30 heavy (non-hydrogen) atoms. The number of hydrogen-bond acceptors (Lipinski definition) is 5. The van der Waals surface area contributed by atoms with Gasteiger partial charge in [0.1, 0.15) is 5.75 Å². The molecule has 1 atom stereocenters. The number of aliphatic carboxylic acids is 1. The number of carbonyl (C=O) groups is 3. The van der Waals surface area contributed by atoms with E-state index in [9.17, 15) is 32.5 Å². The molecular weight excluding hydrogens is 410 g/mol. The lowest BCUT2D eigenvalue weighted by Gasteiger charge is -2.27. The molecule has 0 spiro atoms. The van der Waals surface area contributed by atoms with Crippen LogP contribution >= 0.6 is 0 Å². The first kappa shape index (κ1) is 23.2. The summed E-state index contributed by atoms with van der Waals surface area (Å²) in [5.41, 5.74) is 1.19. The van der Waals surface area contributed by atoms with E-state index in [0.29, 0.717) is 28.9 Å². The molecule has 0 aliphatic carbocycles. The lowest BCUT2D eigenvalue weighted by molar-refractivity contribution is -0.147. The van der Waals surface area contributed by atoms with E-state index in [0.717, 1.165) is 0 Å². The van der Waals surface area contributed by atoms with Gasteiger partial charge in [-0.3, -0.25) is 19.0 Å². The van der Waals surface area contributed by atoms with E-state index in [1.165, 1.54) is 6.07 Å². The van der Waals surface area contributed by atoms with Gasteiger partial charge in [-0.05, 0) is 23.6 Å². The Kier molecular flexibility index (Phi) is 7.85. The first-order valence-corrected chi connectivity index (χ1v) is 11.0. The fraction of sp³-hybridized carbons (Fsp3) is 0.286. The Hall–Kier alpha value is -3.04. The first-order valence-electron chi connectivity index (χ1n) is 9.34. The highest BCUT2D eigenvalue weighted by atomic mass is 32.2. The van der Waals surface area contributed by atoms with Crippen LogP contribution in [0.15, 0.2) is 54.6 Å². The van der Waals surface area contributed by atoms with Crippen molar-refractivity contribution in [3.63, 3.8) is 0 Å². The van der Waals surface area contributed by atoms with Crippen molar-refractivity contribution in [2.75, 3.05) is 5.75 Å². The van der Waals surface area contributed by atoms with Gasteiger partial charge in [-0.25, -0.2) is 4.79 Å². The van der Waals surface area contributed by atoms with Crippen molar-refractivity contribution in [1.82, 2.24) is 4.90 Å². The molecule has 0 heterocycles. The number of unbranched alkanes of at least 4 members (excludes halogenated alkanes) is 1. The number of amides is 2. The molecule has 0 aliphatic rings. The van der Waals surface area contributed by atoms with Gasteiger partial charge in [-0.2, -0.15) is 8.42 Å². The van der Waals surface area contributed by atoms with Crippen LogP contribution in [0.3, 0.4) is 0 Å². The number of hydrogen-bond donors (Lipinski definition) is 2. The van der Waals surface area contributed by atoms with Gasteiger partial charge >= 0.3 is 5.97 Å². The van der Waals surface area contributed by atoms with Crippen LogP contribution < -0.4 is 0 Å². The SMILES string of the molecule is CCCCC(=O)N(C(=O)c1ccccc1-c1ccccc1)[C@@H](CS(=O)(=O)O)C(=O)O. The molecule has 0 radical (unpaired) electrons. The van der Waals surface area contributed by atoms with E-state index < -0.39 is 39.7 Å². The maximum Gasteiger partial charge on any atom is 0.328 e. The number of benzene rings is 2. The fourth-order valence-corrected chi connectivity index (χ4v) is 3.69. The molecule has 2 aromatic rings. The molecule has 8 nitrogen and oxygen atoms in total. The van der Waals surface area contributed by atoms with Gasteiger partial charge < -0.3 is 5.11 Å². The molecule has 2 N–H and O–H groups in total. The van der Waals surface area contributed by atoms with Crippen molar-refractivity contribution in [2.45, 2.75) is 32.2 Å². The zero-order valence-electron chi connectivity index (χ0n) is 16.4. The number of imide groups is 1. The largest absolute Gasteiger partial charge is 0.480 e. The van der Waals surface area contributed by atoms with Gasteiger partial charge in [0, 0.05) is 12.0 Å². The molecule has 0 bridgehead atoms. The van der Waals surface area contributed by atoms with E-state index in [1.807, 2.05) is 6.92 Å². The lowest BCUT2D eigenvalue weighted by Crippen LogP contribution is -2.52. The van der Waals surface area contributed by atoms with E-state index in [1.54, 1.807) is 48.5 Å². The molecule has 0 saturated heterocycles. The second-order valence-electron chi connectivity index (χ2n) is 6.69. The van der Waals surface area contributed by atoms with Crippen LogP contribution in [-0.4, -0.2) is 52.6 Å². The summed E-state index contributed by atoms with van der Waals surface area (Å²) < 4.78 is 31.9. The number of carboxylic acids is 1. The molecule has 2 amide bonds. The molecule has 2 aromatic carbocycles. The Morgan fingerprint density at radius 3 is 2.17 bits per heavy atom. The van der Waals surface area contributed by atoms with Gasteiger partial charge in [0.05, 0.1) is 0 Å². The average molecular weight is 433 g/mol. The van der Waals surface area contributed by atoms with E-state index in [2.05, 4.69) is 0 Å². The summed E-state index contributed by atoms with van der Waals surface area (Å²) in [5.74, 6) is -4.75. The van der Waals surface area contributed by atoms with Crippen LogP contribution in [0.1, 0.15) is 36.5 Å². The van der Waals surface area contributed by atoms with Gasteiger partial charge in [-0.1, -0.05) is 61.9 Å². The zero-order valence-corrected chi connectivity index (χ0v) is 17.2. The second-order valence-corrected chi connectivity index (χ2v) is 8.18. The molecule has 9 heteroatoms. The number of carbonyl (C=O) groups excluding carboxylic acids is 2. The van der Waals surface area contributed by atoms with E-state index in [-0.39, 0.29) is 12.0 Å². The highest BCUT2D eigenvalue weighted by Crippen LogP contribution is 2.26. The fourth-order valence-electron chi connectivity index (χ4n) is 3.00. The molecule has 160 valence electrons. The Labute approximate surface area is 174 Å². The van der Waals surface area contributed by atoms with Crippen LogP contribution in [0.2, 0.25) is 0 Å². The van der Waals surface area contributed by atoms with E-state index in [4.69, 9.17) is 0 Å². The van der Waals surface area contributed by atoms with Gasteiger partial charge in [0.2, 0.25) is 5.91 Å². The minimum atomic E-state index is -4.77. The average Bonchev–Trinajstić information content (AvgIpc) is 2.71. The highest BCUT2D eigenvalue weighted by Gasteiger charge is 2.38. The maximum absolute atomic E-state index is 13.3. The molecule has 0 unspecified atom stereocenters. The Balaban J connectivity index is 2.58. The summed E-state index contributed by atoms with van der Waals surface area (Å²) in [4.78, 5) is 38.3. The summed E-state index contributed by atoms with van der Waals surface area (Å²) >= 11 is 0. The summed E-state index contributed by atoms with van der Waals surface area (Å²) in [6.45, 7) is 1.82. The summed E-state index contributed by atoms with van der Waals surface area (Å²) in [6.07, 6.45) is 0.872. The topological polar surface area (TPSA) is 129 Å². The molecule has 0 aliphatic heterocycles. The van der Waals surface area contributed by atoms with Crippen molar-refractivity contribution < 1.29 is 32.5 Å². The van der Waals surface area contributed by atoms with Crippen LogP contribution in [0.4, 0.5) is 0 Å². The summed E-state index contributed by atoms with van der Waals surface area (Å²) in [5, 5.41) is 9.54. The molecule has 0 fully saturated rings. The van der Waals surface area contributed by atoms with Crippen LogP contribution in [-0.2, 0) is 19.7 Å². The van der Waals surface area contributed by atoms with Gasteiger partial charge in [0.25, 0.3) is 16.0 Å². The van der Waals surface area contributed by atoms with Crippen molar-refractivity contribution in [1.29, 1.82) is 0 Å². The lowest BCUT2D eigenvalue weighted by atomic mass is 9.98. The van der Waals surface area contributed by atoms with Crippen molar-refractivity contribution in [3.8, 4) is 11.1 Å². The van der Waals surface area contributed by atoms with E-state index >= 15 is 0 Å². The summed E-state index contributed by atoms with van der Waals surface area (Å²) in [7, 11) is -4.77. The monoisotopic (exact) mass is 433 g/mol. The molecular formula is C21H23NO7S. The first-order chi connectivity index (χ1) is 14.2. The third-order valence-corrected chi connectivity index (χ3v) is 5.18. The van der Waals surface area contributed by atoms with Gasteiger partial charge in [-0.15, -0.1) is 0 Å². The zero-order chi connectivity index (χ0) is 22.3. The second kappa shape index (κ2) is 10.1.